The molecule has 2 heterocycles. The fourth-order valence-electron chi connectivity index (χ4n) is 2.51. The average molecular weight is 375 g/mol. The maximum absolute atomic E-state index is 11.2. The summed E-state index contributed by atoms with van der Waals surface area (Å²) >= 11 is 0. The van der Waals surface area contributed by atoms with Crippen LogP contribution in [0.2, 0.25) is 0 Å². The summed E-state index contributed by atoms with van der Waals surface area (Å²) in [6.07, 6.45) is 8.16. The summed E-state index contributed by atoms with van der Waals surface area (Å²) in [5.41, 5.74) is 1.91. The summed E-state index contributed by atoms with van der Waals surface area (Å²) in [5.74, 6) is 0. The van der Waals surface area contributed by atoms with Crippen LogP contribution in [0.5, 0.6) is 0 Å². The smallest absolute Gasteiger partial charge is 0.324 e. The van der Waals surface area contributed by atoms with Gasteiger partial charge in [0.05, 0.1) is 31.6 Å². The SMILES string of the molecule is O=P(O)(O)CC[N+]1(CCP(=O)(O)O)C=CC(c2ccncc2)=CC1. The van der Waals surface area contributed by atoms with E-state index >= 15 is 0 Å². The Bertz CT molecular complexity index is 696. The number of allylic oxidation sites excluding steroid dienone is 2. The first-order chi connectivity index (χ1) is 11.1. The zero-order valence-corrected chi connectivity index (χ0v) is 14.8. The van der Waals surface area contributed by atoms with Crippen molar-refractivity contribution in [2.45, 2.75) is 0 Å². The van der Waals surface area contributed by atoms with Crippen LogP contribution in [0.15, 0.2) is 42.9 Å². The highest BCUT2D eigenvalue weighted by atomic mass is 31.2. The van der Waals surface area contributed by atoms with Gasteiger partial charge in [0, 0.05) is 12.4 Å². The van der Waals surface area contributed by atoms with E-state index in [0.29, 0.717) is 6.54 Å². The molecule has 24 heavy (non-hydrogen) atoms. The summed E-state index contributed by atoms with van der Waals surface area (Å²) in [4.78, 5) is 40.4. The van der Waals surface area contributed by atoms with Gasteiger partial charge in [0.15, 0.2) is 0 Å². The quantitative estimate of drug-likeness (QED) is 0.416. The fraction of sp³-hybridized carbons (Fsp3) is 0.357. The lowest BCUT2D eigenvalue weighted by Gasteiger charge is -2.36. The standard InChI is InChI=1S/C14H20N2O6P2/c17-23(18,19)11-9-16(10-12-24(20,21)22)7-3-14(4-8-16)13-1-5-15-6-2-13/h1-7H,8-12H2,(H3-,17,18,19,20,21,22)/p+1. The molecule has 2 rings (SSSR count). The summed E-state index contributed by atoms with van der Waals surface area (Å²) in [6, 6.07) is 3.70. The minimum Gasteiger partial charge on any atom is -0.324 e. The molecule has 1 aliphatic rings. The Morgan fingerprint density at radius 2 is 1.54 bits per heavy atom. The minimum absolute atomic E-state index is 0.102. The topological polar surface area (TPSA) is 128 Å². The Balaban J connectivity index is 2.17. The number of quaternary nitrogens is 1. The van der Waals surface area contributed by atoms with Crippen LogP contribution in [0.1, 0.15) is 5.56 Å². The molecule has 0 atom stereocenters. The lowest BCUT2D eigenvalue weighted by molar-refractivity contribution is -0.869. The fourth-order valence-corrected chi connectivity index (χ4v) is 3.83. The predicted octanol–water partition coefficient (Wildman–Crippen LogP) is 1.16. The van der Waals surface area contributed by atoms with Crippen molar-refractivity contribution in [2.75, 3.05) is 32.0 Å². The Morgan fingerprint density at radius 3 is 1.96 bits per heavy atom. The molecule has 1 aliphatic heterocycles. The third kappa shape index (κ3) is 6.07. The highest BCUT2D eigenvalue weighted by Crippen LogP contribution is 2.38. The molecule has 0 aromatic carbocycles. The highest BCUT2D eigenvalue weighted by Gasteiger charge is 2.32. The lowest BCUT2D eigenvalue weighted by atomic mass is 10.0. The molecular formula is C14H21N2O6P2+. The molecule has 10 heteroatoms. The monoisotopic (exact) mass is 375 g/mol. The molecule has 0 saturated carbocycles. The maximum Gasteiger partial charge on any atom is 0.331 e. The van der Waals surface area contributed by atoms with Crippen molar-refractivity contribution >= 4 is 20.8 Å². The first-order valence-corrected chi connectivity index (χ1v) is 10.9. The van der Waals surface area contributed by atoms with Gasteiger partial charge in [-0.05, 0) is 35.4 Å². The molecule has 0 unspecified atom stereocenters. The third-order valence-electron chi connectivity index (χ3n) is 3.93. The zero-order valence-electron chi connectivity index (χ0n) is 13.0. The lowest BCUT2D eigenvalue weighted by Crippen LogP contribution is -2.48. The number of nitrogens with zero attached hydrogens (tertiary/aromatic N) is 2. The molecule has 132 valence electrons. The van der Waals surface area contributed by atoms with Crippen molar-refractivity contribution in [3.8, 4) is 0 Å². The van der Waals surface area contributed by atoms with E-state index in [1.54, 1.807) is 18.6 Å². The summed E-state index contributed by atoms with van der Waals surface area (Å²) in [6.45, 7) is 0.635. The molecule has 0 fully saturated rings. The zero-order chi connectivity index (χ0) is 17.8. The first-order valence-electron chi connectivity index (χ1n) is 7.33. The number of hydrogen-bond donors (Lipinski definition) is 4. The number of rotatable bonds is 7. The summed E-state index contributed by atoms with van der Waals surface area (Å²) in [5, 5.41) is 0. The molecule has 1 aromatic rings. The second kappa shape index (κ2) is 7.42. The Kier molecular flexibility index (Phi) is 5.94. The van der Waals surface area contributed by atoms with Gasteiger partial charge in [-0.15, -0.1) is 0 Å². The highest BCUT2D eigenvalue weighted by molar-refractivity contribution is 7.52. The van der Waals surface area contributed by atoms with Crippen molar-refractivity contribution in [3.05, 3.63) is 48.4 Å². The van der Waals surface area contributed by atoms with Gasteiger partial charge < -0.3 is 19.6 Å². The summed E-state index contributed by atoms with van der Waals surface area (Å²) in [7, 11) is -8.37. The van der Waals surface area contributed by atoms with Crippen molar-refractivity contribution in [2.24, 2.45) is 0 Å². The number of hydrogen-bond acceptors (Lipinski definition) is 3. The molecule has 0 spiro atoms. The van der Waals surface area contributed by atoms with E-state index in [1.807, 2.05) is 24.3 Å². The van der Waals surface area contributed by atoms with Gasteiger partial charge in [0.1, 0.15) is 6.54 Å². The van der Waals surface area contributed by atoms with Gasteiger partial charge in [0.25, 0.3) is 0 Å². The third-order valence-corrected chi connectivity index (χ3v) is 5.50. The molecule has 8 nitrogen and oxygen atoms in total. The predicted molar refractivity (Wildman–Crippen MR) is 90.0 cm³/mol. The molecular weight excluding hydrogens is 354 g/mol. The van der Waals surface area contributed by atoms with Crippen LogP contribution in [-0.4, -0.2) is 61.0 Å². The van der Waals surface area contributed by atoms with E-state index in [-0.39, 0.29) is 29.9 Å². The van der Waals surface area contributed by atoms with Gasteiger partial charge in [-0.25, -0.2) is 0 Å². The van der Waals surface area contributed by atoms with E-state index in [1.165, 1.54) is 0 Å². The number of aromatic nitrogens is 1. The molecule has 0 saturated heterocycles. The second-order valence-electron chi connectivity index (χ2n) is 5.84. The van der Waals surface area contributed by atoms with Crippen molar-refractivity contribution < 1.29 is 33.2 Å². The number of pyridine rings is 1. The largest absolute Gasteiger partial charge is 0.331 e. The van der Waals surface area contributed by atoms with Gasteiger partial charge in [0.2, 0.25) is 0 Å². The van der Waals surface area contributed by atoms with E-state index in [4.69, 9.17) is 19.6 Å². The molecule has 1 aromatic heterocycles. The Morgan fingerprint density at radius 1 is 1.00 bits per heavy atom. The maximum atomic E-state index is 11.2. The average Bonchev–Trinajstić information content (AvgIpc) is 2.51. The van der Waals surface area contributed by atoms with Crippen molar-refractivity contribution in [1.82, 2.24) is 4.98 Å². The van der Waals surface area contributed by atoms with Gasteiger partial charge in [-0.2, -0.15) is 0 Å². The van der Waals surface area contributed by atoms with Crippen LogP contribution in [0.25, 0.3) is 5.57 Å². The van der Waals surface area contributed by atoms with Gasteiger partial charge in [-0.1, -0.05) is 0 Å². The van der Waals surface area contributed by atoms with Crippen LogP contribution in [0.4, 0.5) is 0 Å². The van der Waals surface area contributed by atoms with Crippen LogP contribution < -0.4 is 0 Å². The molecule has 4 N–H and O–H groups in total. The molecule has 0 radical (unpaired) electrons. The van der Waals surface area contributed by atoms with Crippen LogP contribution >= 0.6 is 15.2 Å². The van der Waals surface area contributed by atoms with Crippen LogP contribution in [0.3, 0.4) is 0 Å². The Labute approximate surface area is 140 Å². The van der Waals surface area contributed by atoms with E-state index < -0.39 is 15.2 Å². The normalized spacial score (nSPS) is 17.6. The molecule has 0 bridgehead atoms. The van der Waals surface area contributed by atoms with E-state index in [9.17, 15) is 9.13 Å². The second-order valence-corrected chi connectivity index (χ2v) is 9.39. The van der Waals surface area contributed by atoms with Crippen LogP contribution in [-0.2, 0) is 9.13 Å². The summed E-state index contributed by atoms with van der Waals surface area (Å²) < 4.78 is 22.5. The van der Waals surface area contributed by atoms with Gasteiger partial charge in [-0.3, -0.25) is 18.6 Å². The van der Waals surface area contributed by atoms with Crippen molar-refractivity contribution in [1.29, 1.82) is 0 Å². The first kappa shape index (κ1) is 19.2. The van der Waals surface area contributed by atoms with Gasteiger partial charge >= 0.3 is 15.2 Å². The van der Waals surface area contributed by atoms with Crippen LogP contribution in [0, 0.1) is 0 Å². The Hall–Kier alpha value is -1.11. The molecule has 0 amide bonds. The molecule has 0 aliphatic carbocycles. The van der Waals surface area contributed by atoms with Crippen molar-refractivity contribution in [3.63, 3.8) is 0 Å². The van der Waals surface area contributed by atoms with E-state index in [0.717, 1.165) is 11.1 Å². The van der Waals surface area contributed by atoms with E-state index in [2.05, 4.69) is 4.98 Å². The minimum atomic E-state index is -4.19.